The van der Waals surface area contributed by atoms with Gasteiger partial charge in [-0.3, -0.25) is 9.89 Å². The SMILES string of the molecule is C1CN=C(N2CCN3CCC2C3)NC1. The molecule has 3 aliphatic heterocycles. The zero-order chi connectivity index (χ0) is 9.38. The Kier molecular flexibility index (Phi) is 2.09. The van der Waals surface area contributed by atoms with Crippen molar-refractivity contribution in [3.63, 3.8) is 0 Å². The third-order valence-corrected chi connectivity index (χ3v) is 3.50. The highest BCUT2D eigenvalue weighted by Crippen LogP contribution is 2.20. The second-order valence-electron chi connectivity index (χ2n) is 4.42. The summed E-state index contributed by atoms with van der Waals surface area (Å²) in [6.45, 7) is 7.03. The van der Waals surface area contributed by atoms with Crippen LogP contribution in [0, 0.1) is 0 Å². The molecule has 78 valence electrons. The fourth-order valence-electron chi connectivity index (χ4n) is 2.69. The van der Waals surface area contributed by atoms with E-state index in [1.54, 1.807) is 0 Å². The van der Waals surface area contributed by atoms with Crippen molar-refractivity contribution in [1.29, 1.82) is 0 Å². The van der Waals surface area contributed by atoms with E-state index in [1.165, 1.54) is 38.4 Å². The standard InChI is InChI=1S/C10H18N4/c1-3-11-10(12-4-1)14-7-6-13-5-2-9(14)8-13/h9H,1-8H2,(H,11,12). The van der Waals surface area contributed by atoms with Crippen molar-refractivity contribution in [2.45, 2.75) is 18.9 Å². The fourth-order valence-corrected chi connectivity index (χ4v) is 2.69. The summed E-state index contributed by atoms with van der Waals surface area (Å²) in [4.78, 5) is 9.63. The minimum Gasteiger partial charge on any atom is -0.356 e. The Hall–Kier alpha value is -0.770. The van der Waals surface area contributed by atoms with Gasteiger partial charge in [-0.05, 0) is 12.8 Å². The number of nitrogens with one attached hydrogen (secondary N) is 1. The summed E-state index contributed by atoms with van der Waals surface area (Å²) in [7, 11) is 0. The third-order valence-electron chi connectivity index (χ3n) is 3.50. The van der Waals surface area contributed by atoms with E-state index in [1.807, 2.05) is 0 Å². The predicted octanol–water partition coefficient (Wildman–Crippen LogP) is -0.274. The number of piperazine rings is 1. The minimum absolute atomic E-state index is 0.730. The first-order valence-corrected chi connectivity index (χ1v) is 5.71. The van der Waals surface area contributed by atoms with Crippen molar-refractivity contribution >= 4 is 5.96 Å². The van der Waals surface area contributed by atoms with Crippen LogP contribution >= 0.6 is 0 Å². The van der Waals surface area contributed by atoms with Crippen LogP contribution < -0.4 is 5.32 Å². The average Bonchev–Trinajstić information content (AvgIpc) is 2.62. The van der Waals surface area contributed by atoms with Crippen molar-refractivity contribution in [3.8, 4) is 0 Å². The van der Waals surface area contributed by atoms with Crippen LogP contribution in [0.5, 0.6) is 0 Å². The lowest BCUT2D eigenvalue weighted by molar-refractivity contribution is 0.199. The maximum Gasteiger partial charge on any atom is 0.194 e. The van der Waals surface area contributed by atoms with Crippen molar-refractivity contribution in [1.82, 2.24) is 15.1 Å². The van der Waals surface area contributed by atoms with Gasteiger partial charge >= 0.3 is 0 Å². The highest BCUT2D eigenvalue weighted by Gasteiger charge is 2.34. The highest BCUT2D eigenvalue weighted by atomic mass is 15.4. The molecule has 0 saturated carbocycles. The van der Waals surface area contributed by atoms with Gasteiger partial charge in [0.05, 0.1) is 0 Å². The van der Waals surface area contributed by atoms with Gasteiger partial charge in [0, 0.05) is 45.3 Å². The van der Waals surface area contributed by atoms with Crippen LogP contribution in [0.1, 0.15) is 12.8 Å². The van der Waals surface area contributed by atoms with Crippen LogP contribution in [0.25, 0.3) is 0 Å². The quantitative estimate of drug-likeness (QED) is 0.576. The first kappa shape index (κ1) is 8.53. The molecule has 3 aliphatic rings. The second kappa shape index (κ2) is 3.42. The van der Waals surface area contributed by atoms with Gasteiger partial charge in [-0.15, -0.1) is 0 Å². The van der Waals surface area contributed by atoms with E-state index in [0.29, 0.717) is 0 Å². The van der Waals surface area contributed by atoms with Gasteiger partial charge in [0.2, 0.25) is 0 Å². The maximum absolute atomic E-state index is 4.58. The van der Waals surface area contributed by atoms with E-state index in [0.717, 1.165) is 25.7 Å². The largest absolute Gasteiger partial charge is 0.356 e. The van der Waals surface area contributed by atoms with Crippen molar-refractivity contribution in [3.05, 3.63) is 0 Å². The van der Waals surface area contributed by atoms with Crippen LogP contribution in [-0.4, -0.2) is 61.1 Å². The van der Waals surface area contributed by atoms with Crippen molar-refractivity contribution in [2.24, 2.45) is 4.99 Å². The van der Waals surface area contributed by atoms with Gasteiger partial charge in [-0.25, -0.2) is 0 Å². The first-order chi connectivity index (χ1) is 6.93. The Balaban J connectivity index is 1.74. The smallest absolute Gasteiger partial charge is 0.194 e. The van der Waals surface area contributed by atoms with Gasteiger partial charge in [0.15, 0.2) is 5.96 Å². The van der Waals surface area contributed by atoms with E-state index < -0.39 is 0 Å². The summed E-state index contributed by atoms with van der Waals surface area (Å²) in [5, 5.41) is 3.43. The summed E-state index contributed by atoms with van der Waals surface area (Å²) in [5.41, 5.74) is 0. The van der Waals surface area contributed by atoms with Crippen molar-refractivity contribution in [2.75, 3.05) is 39.3 Å². The molecule has 2 unspecified atom stereocenters. The Labute approximate surface area is 85.0 Å². The molecule has 0 amide bonds. The van der Waals surface area contributed by atoms with Crippen LogP contribution in [0.15, 0.2) is 4.99 Å². The summed E-state index contributed by atoms with van der Waals surface area (Å²) >= 11 is 0. The molecule has 0 radical (unpaired) electrons. The van der Waals surface area contributed by atoms with Crippen LogP contribution in [-0.2, 0) is 0 Å². The van der Waals surface area contributed by atoms with Crippen LogP contribution in [0.4, 0.5) is 0 Å². The predicted molar refractivity (Wildman–Crippen MR) is 56.5 cm³/mol. The van der Waals surface area contributed by atoms with Gasteiger partial charge in [0.25, 0.3) is 0 Å². The summed E-state index contributed by atoms with van der Waals surface area (Å²) in [5.74, 6) is 1.17. The number of nitrogens with zero attached hydrogens (tertiary/aromatic N) is 3. The number of aliphatic imine (C=N–C) groups is 1. The highest BCUT2D eigenvalue weighted by molar-refractivity contribution is 5.81. The van der Waals surface area contributed by atoms with E-state index in [9.17, 15) is 0 Å². The first-order valence-electron chi connectivity index (χ1n) is 5.71. The fraction of sp³-hybridized carbons (Fsp3) is 0.900. The molecule has 2 saturated heterocycles. The lowest BCUT2D eigenvalue weighted by Crippen LogP contribution is -2.54. The van der Waals surface area contributed by atoms with E-state index in [4.69, 9.17) is 0 Å². The Morgan fingerprint density at radius 3 is 3.14 bits per heavy atom. The lowest BCUT2D eigenvalue weighted by Gasteiger charge is -2.37. The summed E-state index contributed by atoms with van der Waals surface area (Å²) in [6.07, 6.45) is 2.51. The molecule has 3 rings (SSSR count). The molecular formula is C10H18N4. The molecule has 0 aliphatic carbocycles. The molecule has 2 atom stereocenters. The molecule has 0 spiro atoms. The maximum atomic E-state index is 4.58. The number of hydrogen-bond donors (Lipinski definition) is 1. The molecule has 1 N–H and O–H groups in total. The number of guanidine groups is 1. The number of fused-ring (bicyclic) bond motifs is 2. The van der Waals surface area contributed by atoms with E-state index >= 15 is 0 Å². The van der Waals surface area contributed by atoms with Crippen LogP contribution in [0.2, 0.25) is 0 Å². The normalized spacial score (nSPS) is 36.6. The molecule has 4 heteroatoms. The van der Waals surface area contributed by atoms with Gasteiger partial charge < -0.3 is 10.2 Å². The Morgan fingerprint density at radius 2 is 2.29 bits per heavy atom. The van der Waals surface area contributed by atoms with Gasteiger partial charge in [-0.1, -0.05) is 0 Å². The Morgan fingerprint density at radius 1 is 1.29 bits per heavy atom. The average molecular weight is 194 g/mol. The van der Waals surface area contributed by atoms with E-state index in [-0.39, 0.29) is 0 Å². The molecule has 3 heterocycles. The zero-order valence-corrected chi connectivity index (χ0v) is 8.58. The summed E-state index contributed by atoms with van der Waals surface area (Å²) in [6, 6.07) is 0.730. The molecule has 2 fully saturated rings. The topological polar surface area (TPSA) is 30.9 Å². The third kappa shape index (κ3) is 1.38. The molecule has 4 nitrogen and oxygen atoms in total. The molecule has 2 bridgehead atoms. The van der Waals surface area contributed by atoms with Gasteiger partial charge in [0.1, 0.15) is 0 Å². The van der Waals surface area contributed by atoms with Crippen molar-refractivity contribution < 1.29 is 0 Å². The molecular weight excluding hydrogens is 176 g/mol. The second-order valence-corrected chi connectivity index (χ2v) is 4.42. The molecule has 0 aromatic rings. The number of hydrogen-bond acceptors (Lipinski definition) is 4. The van der Waals surface area contributed by atoms with Crippen LogP contribution in [0.3, 0.4) is 0 Å². The zero-order valence-electron chi connectivity index (χ0n) is 8.58. The number of rotatable bonds is 0. The van der Waals surface area contributed by atoms with Gasteiger partial charge in [-0.2, -0.15) is 0 Å². The monoisotopic (exact) mass is 194 g/mol. The lowest BCUT2D eigenvalue weighted by atomic mass is 10.2. The van der Waals surface area contributed by atoms with E-state index in [2.05, 4.69) is 20.1 Å². The minimum atomic E-state index is 0.730. The Bertz CT molecular complexity index is 251. The molecule has 14 heavy (non-hydrogen) atoms. The molecule has 0 aromatic carbocycles. The summed E-state index contributed by atoms with van der Waals surface area (Å²) < 4.78 is 0. The molecule has 0 aromatic heterocycles.